The second-order valence-corrected chi connectivity index (χ2v) is 3.77. The van der Waals surface area contributed by atoms with Gasteiger partial charge in [0.05, 0.1) is 12.5 Å². The van der Waals surface area contributed by atoms with E-state index in [-0.39, 0.29) is 5.56 Å². The number of hydrazine groups is 1. The molecule has 1 heterocycles. The zero-order valence-corrected chi connectivity index (χ0v) is 10.4. The summed E-state index contributed by atoms with van der Waals surface area (Å²) < 4.78 is 5.02. The molecule has 1 aromatic heterocycles. The summed E-state index contributed by atoms with van der Waals surface area (Å²) in [6, 6.07) is 9.51. The lowest BCUT2D eigenvalue weighted by Gasteiger charge is -2.02. The number of hydrogen-bond acceptors (Lipinski definition) is 5. The van der Waals surface area contributed by atoms with Gasteiger partial charge in [-0.2, -0.15) is 5.10 Å². The number of carbonyl (C=O) groups excluding carboxylic acids is 2. The van der Waals surface area contributed by atoms with E-state index in [1.54, 1.807) is 30.3 Å². The number of nitrogen functional groups attached to an aromatic ring is 1. The van der Waals surface area contributed by atoms with Crippen molar-refractivity contribution in [3.8, 4) is 0 Å². The highest BCUT2D eigenvalue weighted by Crippen LogP contribution is 2.05. The van der Waals surface area contributed by atoms with Crippen LogP contribution in [0.3, 0.4) is 0 Å². The molecule has 0 aliphatic rings. The van der Waals surface area contributed by atoms with Gasteiger partial charge in [-0.25, -0.2) is 11.3 Å². The number of rotatable bonds is 4. The van der Waals surface area contributed by atoms with E-state index in [1.807, 2.05) is 5.43 Å². The van der Waals surface area contributed by atoms with E-state index in [0.29, 0.717) is 11.3 Å². The van der Waals surface area contributed by atoms with Gasteiger partial charge < -0.3 is 4.42 Å². The zero-order chi connectivity index (χ0) is 14.4. The number of nitrogens with zero attached hydrogens (tertiary/aromatic N) is 1. The van der Waals surface area contributed by atoms with Crippen LogP contribution in [-0.4, -0.2) is 18.0 Å². The van der Waals surface area contributed by atoms with Crippen LogP contribution in [0.4, 0.5) is 0 Å². The molecule has 102 valence electrons. The molecule has 4 N–H and O–H groups in total. The average molecular weight is 272 g/mol. The van der Waals surface area contributed by atoms with Crippen molar-refractivity contribution in [1.29, 1.82) is 0 Å². The lowest BCUT2D eigenvalue weighted by atomic mass is 10.1. The molecule has 7 heteroatoms. The molecule has 1 aromatic carbocycles. The van der Waals surface area contributed by atoms with Gasteiger partial charge in [-0.15, -0.1) is 0 Å². The average Bonchev–Trinajstić information content (AvgIpc) is 2.99. The van der Waals surface area contributed by atoms with Crippen molar-refractivity contribution < 1.29 is 14.0 Å². The highest BCUT2D eigenvalue weighted by molar-refractivity contribution is 5.99. The van der Waals surface area contributed by atoms with E-state index < -0.39 is 11.8 Å². The second-order valence-electron chi connectivity index (χ2n) is 3.77. The summed E-state index contributed by atoms with van der Waals surface area (Å²) in [5, 5.41) is 3.74. The molecule has 20 heavy (non-hydrogen) atoms. The topological polar surface area (TPSA) is 110 Å². The zero-order valence-electron chi connectivity index (χ0n) is 10.4. The lowest BCUT2D eigenvalue weighted by Crippen LogP contribution is -2.30. The Kier molecular flexibility index (Phi) is 4.25. The molecule has 0 radical (unpaired) electrons. The van der Waals surface area contributed by atoms with Gasteiger partial charge in [0.2, 0.25) is 0 Å². The van der Waals surface area contributed by atoms with Crippen LogP contribution >= 0.6 is 0 Å². The summed E-state index contributed by atoms with van der Waals surface area (Å²) in [5.74, 6) is 4.63. The molecule has 0 saturated heterocycles. The van der Waals surface area contributed by atoms with Crippen LogP contribution in [0.15, 0.2) is 52.2 Å². The molecule has 0 aliphatic heterocycles. The molecule has 2 rings (SSSR count). The molecule has 0 bridgehead atoms. The monoisotopic (exact) mass is 272 g/mol. The van der Waals surface area contributed by atoms with Crippen molar-refractivity contribution in [2.45, 2.75) is 0 Å². The van der Waals surface area contributed by atoms with Crippen molar-refractivity contribution in [3.05, 3.63) is 59.5 Å². The van der Waals surface area contributed by atoms with Crippen molar-refractivity contribution in [3.63, 3.8) is 0 Å². The number of hydrogen-bond donors (Lipinski definition) is 3. The first-order chi connectivity index (χ1) is 9.70. The fourth-order valence-electron chi connectivity index (χ4n) is 1.47. The first-order valence-corrected chi connectivity index (χ1v) is 5.68. The third kappa shape index (κ3) is 3.30. The molecule has 2 amide bonds. The van der Waals surface area contributed by atoms with Gasteiger partial charge in [-0.3, -0.25) is 15.0 Å². The Hall–Kier alpha value is -2.93. The molecule has 0 unspecified atom stereocenters. The summed E-state index contributed by atoms with van der Waals surface area (Å²) >= 11 is 0. The van der Waals surface area contributed by atoms with Gasteiger partial charge in [-0.05, 0) is 30.3 Å². The van der Waals surface area contributed by atoms with E-state index in [2.05, 4.69) is 10.5 Å². The third-order valence-electron chi connectivity index (χ3n) is 2.42. The Morgan fingerprint density at radius 1 is 1.15 bits per heavy atom. The van der Waals surface area contributed by atoms with E-state index in [9.17, 15) is 9.59 Å². The van der Waals surface area contributed by atoms with Crippen molar-refractivity contribution >= 4 is 18.0 Å². The first kappa shape index (κ1) is 13.5. The van der Waals surface area contributed by atoms with Crippen molar-refractivity contribution in [1.82, 2.24) is 10.9 Å². The predicted molar refractivity (Wildman–Crippen MR) is 71.9 cm³/mol. The summed E-state index contributed by atoms with van der Waals surface area (Å²) in [6.45, 7) is 0. The van der Waals surface area contributed by atoms with Crippen LogP contribution in [0.1, 0.15) is 26.5 Å². The summed E-state index contributed by atoms with van der Waals surface area (Å²) in [5.41, 5.74) is 4.91. The molecular weight excluding hydrogens is 260 g/mol. The van der Waals surface area contributed by atoms with Gasteiger partial charge >= 0.3 is 0 Å². The maximum atomic E-state index is 11.8. The molecule has 2 aromatic rings. The molecule has 0 atom stereocenters. The van der Waals surface area contributed by atoms with Gasteiger partial charge in [-0.1, -0.05) is 6.07 Å². The van der Waals surface area contributed by atoms with Crippen molar-refractivity contribution in [2.24, 2.45) is 10.9 Å². The van der Waals surface area contributed by atoms with Crippen LogP contribution in [0.2, 0.25) is 0 Å². The SMILES string of the molecule is NNC(=O)c1cccc(C(=O)NN=Cc2ccco2)c1. The second kappa shape index (κ2) is 6.30. The van der Waals surface area contributed by atoms with Crippen LogP contribution in [-0.2, 0) is 0 Å². The number of amides is 2. The highest BCUT2D eigenvalue weighted by atomic mass is 16.3. The first-order valence-electron chi connectivity index (χ1n) is 5.68. The summed E-state index contributed by atoms with van der Waals surface area (Å²) in [6.07, 6.45) is 2.87. The smallest absolute Gasteiger partial charge is 0.271 e. The fraction of sp³-hybridized carbons (Fsp3) is 0. The van der Waals surface area contributed by atoms with E-state index in [0.717, 1.165) is 0 Å². The highest BCUT2D eigenvalue weighted by Gasteiger charge is 2.08. The molecule has 0 fully saturated rings. The summed E-state index contributed by atoms with van der Waals surface area (Å²) in [4.78, 5) is 23.2. The van der Waals surface area contributed by atoms with Crippen molar-refractivity contribution in [2.75, 3.05) is 0 Å². The van der Waals surface area contributed by atoms with E-state index >= 15 is 0 Å². The maximum Gasteiger partial charge on any atom is 0.271 e. The van der Waals surface area contributed by atoms with Gasteiger partial charge in [0, 0.05) is 11.1 Å². The van der Waals surface area contributed by atoms with Crippen LogP contribution < -0.4 is 16.7 Å². The number of hydrazone groups is 1. The molecule has 0 spiro atoms. The number of nitrogens with one attached hydrogen (secondary N) is 2. The maximum absolute atomic E-state index is 11.8. The molecular formula is C13H12N4O3. The minimum atomic E-state index is -0.473. The van der Waals surface area contributed by atoms with E-state index in [1.165, 1.54) is 18.5 Å². The quantitative estimate of drug-likeness (QED) is 0.328. The molecule has 0 saturated carbocycles. The van der Waals surface area contributed by atoms with Crippen LogP contribution in [0.25, 0.3) is 0 Å². The Bertz CT molecular complexity index is 635. The Balaban J connectivity index is 2.04. The van der Waals surface area contributed by atoms with Crippen LogP contribution in [0.5, 0.6) is 0 Å². The van der Waals surface area contributed by atoms with Crippen LogP contribution in [0, 0.1) is 0 Å². The normalized spacial score (nSPS) is 10.4. The van der Waals surface area contributed by atoms with E-state index in [4.69, 9.17) is 10.3 Å². The van der Waals surface area contributed by atoms with Gasteiger partial charge in [0.15, 0.2) is 0 Å². The third-order valence-corrected chi connectivity index (χ3v) is 2.42. The minimum absolute atomic E-state index is 0.287. The predicted octanol–water partition coefficient (Wildman–Crippen LogP) is 0.647. The molecule has 0 aliphatic carbocycles. The number of nitrogens with two attached hydrogens (primary N) is 1. The standard InChI is InChI=1S/C13H12N4O3/c14-16-12(18)9-3-1-4-10(7-9)13(19)17-15-8-11-5-2-6-20-11/h1-8H,14H2,(H,16,18)(H,17,19). The summed E-state index contributed by atoms with van der Waals surface area (Å²) in [7, 11) is 0. The van der Waals surface area contributed by atoms with Gasteiger partial charge in [0.25, 0.3) is 11.8 Å². The minimum Gasteiger partial charge on any atom is -0.463 e. The Morgan fingerprint density at radius 2 is 1.90 bits per heavy atom. The largest absolute Gasteiger partial charge is 0.463 e. The fourth-order valence-corrected chi connectivity index (χ4v) is 1.47. The number of carbonyl (C=O) groups is 2. The Labute approximate surface area is 114 Å². The lowest BCUT2D eigenvalue weighted by molar-refractivity contribution is 0.0953. The molecule has 7 nitrogen and oxygen atoms in total. The van der Waals surface area contributed by atoms with Gasteiger partial charge in [0.1, 0.15) is 5.76 Å². The number of benzene rings is 1. The Morgan fingerprint density at radius 3 is 2.55 bits per heavy atom. The number of furan rings is 1.